The maximum Gasteiger partial charge on any atom is 0.248 e. The van der Waals surface area contributed by atoms with E-state index in [2.05, 4.69) is 0 Å². The number of anilines is 1. The Morgan fingerprint density at radius 3 is 2.19 bits per heavy atom. The molecule has 6 heteroatoms. The van der Waals surface area contributed by atoms with Gasteiger partial charge in [0, 0.05) is 5.56 Å². The molecule has 5 nitrogen and oxygen atoms in total. The fourth-order valence-electron chi connectivity index (χ4n) is 3.77. The van der Waals surface area contributed by atoms with Gasteiger partial charge in [-0.05, 0) is 30.3 Å². The number of carbonyl (C=O) groups is 1. The van der Waals surface area contributed by atoms with E-state index in [-0.39, 0.29) is 4.90 Å². The lowest BCUT2D eigenvalue weighted by Crippen LogP contribution is -2.62. The Kier molecular flexibility index (Phi) is 3.39. The molecule has 0 N–H and O–H groups in total. The molecule has 2 aliphatic heterocycles. The predicted octanol–water partition coefficient (Wildman–Crippen LogP) is 3.72. The molecular weight excluding hydrogens is 362 g/mol. The molecule has 3 aromatic rings. The number of hydrogen-bond acceptors (Lipinski definition) is 4. The van der Waals surface area contributed by atoms with Gasteiger partial charge in [-0.2, -0.15) is 0 Å². The predicted molar refractivity (Wildman–Crippen MR) is 101 cm³/mol. The highest BCUT2D eigenvalue weighted by Gasteiger charge is 2.58. The summed E-state index contributed by atoms with van der Waals surface area (Å²) >= 11 is 0. The molecule has 0 spiro atoms. The summed E-state index contributed by atoms with van der Waals surface area (Å²) in [5.74, 6) is 0.672. The molecule has 0 bridgehead atoms. The molecule has 1 saturated heterocycles. The van der Waals surface area contributed by atoms with Crippen molar-refractivity contribution in [3.05, 3.63) is 84.4 Å². The van der Waals surface area contributed by atoms with Crippen molar-refractivity contribution < 1.29 is 17.9 Å². The van der Waals surface area contributed by atoms with E-state index in [9.17, 15) is 13.2 Å². The van der Waals surface area contributed by atoms with Gasteiger partial charge in [-0.25, -0.2) is 8.42 Å². The lowest BCUT2D eigenvalue weighted by atomic mass is 9.92. The van der Waals surface area contributed by atoms with E-state index in [0.717, 1.165) is 0 Å². The largest absolute Gasteiger partial charge is 0.455 e. The second kappa shape index (κ2) is 5.69. The van der Waals surface area contributed by atoms with Gasteiger partial charge in [0.15, 0.2) is 20.8 Å². The van der Waals surface area contributed by atoms with Gasteiger partial charge in [0.1, 0.15) is 5.75 Å². The first-order chi connectivity index (χ1) is 13.1. The average Bonchev–Trinajstić information content (AvgIpc) is 2.80. The Hall–Kier alpha value is -3.12. The molecule has 3 aromatic carbocycles. The minimum Gasteiger partial charge on any atom is -0.455 e. The molecular formula is C21H15NO4S. The molecule has 0 unspecified atom stereocenters. The summed E-state index contributed by atoms with van der Waals surface area (Å²) in [5, 5.41) is -1.17. The molecule has 1 fully saturated rings. The Bertz CT molecular complexity index is 1160. The Balaban J connectivity index is 1.70. The molecule has 0 aliphatic carbocycles. The number of hydrogen-bond donors (Lipinski definition) is 0. The molecule has 2 aliphatic rings. The number of sulfone groups is 1. The third kappa shape index (κ3) is 2.23. The first-order valence-electron chi connectivity index (χ1n) is 8.57. The van der Waals surface area contributed by atoms with Crippen LogP contribution >= 0.6 is 0 Å². The lowest BCUT2D eigenvalue weighted by molar-refractivity contribution is -0.123. The Morgan fingerprint density at radius 2 is 1.41 bits per heavy atom. The number of ether oxygens (including phenoxy) is 1. The van der Waals surface area contributed by atoms with Crippen molar-refractivity contribution in [1.29, 1.82) is 0 Å². The van der Waals surface area contributed by atoms with Crippen molar-refractivity contribution >= 4 is 21.4 Å². The van der Waals surface area contributed by atoms with Crippen LogP contribution in [0.4, 0.5) is 5.69 Å². The smallest absolute Gasteiger partial charge is 0.248 e. The standard InChI is InChI=1S/C21H15NO4S/c23-21-20(27(24,25)14-8-2-1-3-9-14)19-15-10-4-6-12-17(15)26-18-13-7-5-11-16(18)22(19)21/h1-13,19-20H/t19-,20-/m1/s1. The van der Waals surface area contributed by atoms with Crippen molar-refractivity contribution in [3.63, 3.8) is 0 Å². The number of nitrogens with zero attached hydrogens (tertiary/aromatic N) is 1. The van der Waals surface area contributed by atoms with Gasteiger partial charge in [-0.15, -0.1) is 0 Å². The summed E-state index contributed by atoms with van der Waals surface area (Å²) in [6, 6.07) is 22.0. The number of benzene rings is 3. The van der Waals surface area contributed by atoms with Crippen LogP contribution in [-0.2, 0) is 14.6 Å². The van der Waals surface area contributed by atoms with Crippen LogP contribution in [0.5, 0.6) is 11.5 Å². The summed E-state index contributed by atoms with van der Waals surface area (Å²) in [4.78, 5) is 14.7. The third-order valence-corrected chi connectivity index (χ3v) is 7.09. The zero-order valence-corrected chi connectivity index (χ0v) is 15.0. The first kappa shape index (κ1) is 16.1. The molecule has 2 heterocycles. The van der Waals surface area contributed by atoms with Crippen molar-refractivity contribution in [3.8, 4) is 11.5 Å². The van der Waals surface area contributed by atoms with Crippen LogP contribution < -0.4 is 9.64 Å². The zero-order chi connectivity index (χ0) is 18.6. The fraction of sp³-hybridized carbons (Fsp3) is 0.0952. The summed E-state index contributed by atoms with van der Waals surface area (Å²) in [6.45, 7) is 0. The van der Waals surface area contributed by atoms with Crippen LogP contribution in [0.2, 0.25) is 0 Å². The third-order valence-electron chi connectivity index (χ3n) is 5.03. The summed E-state index contributed by atoms with van der Waals surface area (Å²) < 4.78 is 32.5. The highest BCUT2D eigenvalue weighted by atomic mass is 32.2. The quantitative estimate of drug-likeness (QED) is 0.639. The second-order valence-corrected chi connectivity index (χ2v) is 8.61. The minimum absolute atomic E-state index is 0.152. The number of carbonyl (C=O) groups excluding carboxylic acids is 1. The number of amides is 1. The molecule has 5 rings (SSSR count). The highest BCUT2D eigenvalue weighted by molar-refractivity contribution is 7.93. The Morgan fingerprint density at radius 1 is 0.778 bits per heavy atom. The van der Waals surface area contributed by atoms with Crippen LogP contribution in [0.3, 0.4) is 0 Å². The first-order valence-corrected chi connectivity index (χ1v) is 10.1. The number of β-lactam (4-membered cyclic amide) rings is 1. The van der Waals surface area contributed by atoms with Crippen LogP contribution in [0.15, 0.2) is 83.8 Å². The number of fused-ring (bicyclic) bond motifs is 5. The monoisotopic (exact) mass is 377 g/mol. The molecule has 134 valence electrons. The van der Waals surface area contributed by atoms with Gasteiger partial charge in [-0.3, -0.25) is 9.69 Å². The van der Waals surface area contributed by atoms with Gasteiger partial charge in [0.05, 0.1) is 16.6 Å². The van der Waals surface area contributed by atoms with E-state index in [1.807, 2.05) is 30.3 Å². The molecule has 2 atom stereocenters. The van der Waals surface area contributed by atoms with Crippen LogP contribution in [0, 0.1) is 0 Å². The summed E-state index contributed by atoms with van der Waals surface area (Å²) in [6.07, 6.45) is 0. The molecule has 27 heavy (non-hydrogen) atoms. The topological polar surface area (TPSA) is 63.7 Å². The van der Waals surface area contributed by atoms with E-state index in [1.165, 1.54) is 17.0 Å². The molecule has 0 radical (unpaired) electrons. The van der Waals surface area contributed by atoms with Gasteiger partial charge in [-0.1, -0.05) is 48.5 Å². The van der Waals surface area contributed by atoms with Crippen LogP contribution in [0.25, 0.3) is 0 Å². The molecule has 0 saturated carbocycles. The van der Waals surface area contributed by atoms with Gasteiger partial charge >= 0.3 is 0 Å². The molecule has 1 amide bonds. The van der Waals surface area contributed by atoms with Crippen LogP contribution in [-0.4, -0.2) is 19.6 Å². The maximum absolute atomic E-state index is 13.2. The van der Waals surface area contributed by atoms with E-state index in [0.29, 0.717) is 22.7 Å². The maximum atomic E-state index is 13.2. The van der Waals surface area contributed by atoms with Crippen molar-refractivity contribution in [1.82, 2.24) is 0 Å². The van der Waals surface area contributed by atoms with Crippen LogP contribution in [0.1, 0.15) is 11.6 Å². The van der Waals surface area contributed by atoms with E-state index < -0.39 is 27.0 Å². The average molecular weight is 377 g/mol. The minimum atomic E-state index is -3.83. The zero-order valence-electron chi connectivity index (χ0n) is 14.1. The number of rotatable bonds is 2. The SMILES string of the molecule is O=C1[C@H](S(=O)(=O)c2ccccc2)[C@H]2c3ccccc3Oc3ccccc3N12. The normalized spacial score (nSPS) is 20.4. The lowest BCUT2D eigenvalue weighted by Gasteiger charge is -2.45. The molecule has 0 aromatic heterocycles. The second-order valence-electron chi connectivity index (χ2n) is 6.54. The number of para-hydroxylation sites is 3. The van der Waals surface area contributed by atoms with E-state index in [1.54, 1.807) is 36.4 Å². The summed E-state index contributed by atoms with van der Waals surface area (Å²) in [5.41, 5.74) is 1.28. The highest BCUT2D eigenvalue weighted by Crippen LogP contribution is 2.52. The van der Waals surface area contributed by atoms with E-state index in [4.69, 9.17) is 4.74 Å². The van der Waals surface area contributed by atoms with Gasteiger partial charge in [0.2, 0.25) is 5.91 Å². The van der Waals surface area contributed by atoms with Crippen molar-refractivity contribution in [2.75, 3.05) is 4.90 Å². The van der Waals surface area contributed by atoms with E-state index >= 15 is 0 Å². The van der Waals surface area contributed by atoms with Crippen molar-refractivity contribution in [2.45, 2.75) is 16.2 Å². The van der Waals surface area contributed by atoms with Gasteiger partial charge in [0.25, 0.3) is 0 Å². The fourth-order valence-corrected chi connectivity index (χ4v) is 5.59. The van der Waals surface area contributed by atoms with Gasteiger partial charge < -0.3 is 4.74 Å². The Labute approximate surface area is 156 Å². The van der Waals surface area contributed by atoms with Crippen molar-refractivity contribution in [2.24, 2.45) is 0 Å². The summed E-state index contributed by atoms with van der Waals surface area (Å²) in [7, 11) is -3.83.